The van der Waals surface area contributed by atoms with E-state index in [9.17, 15) is 39.9 Å². The largest absolute Gasteiger partial charge is 0.504 e. The molecule has 3 rings (SSSR count). The van der Waals surface area contributed by atoms with E-state index in [1.54, 1.807) is 30.3 Å². The van der Waals surface area contributed by atoms with Crippen molar-refractivity contribution in [2.24, 2.45) is 0 Å². The Morgan fingerprint density at radius 2 is 1.61 bits per heavy atom. The Bertz CT molecular complexity index is 1100. The molecule has 33 heavy (non-hydrogen) atoms. The molecule has 1 aliphatic rings. The van der Waals surface area contributed by atoms with Crippen LogP contribution in [0.5, 0.6) is 17.2 Å². The molecule has 1 aliphatic carbocycles. The number of aliphatic hydroxyl groups excluding tert-OH is 1. The zero-order chi connectivity index (χ0) is 24.1. The zero-order valence-electron chi connectivity index (χ0n) is 17.0. The second-order valence-electron chi connectivity index (χ2n) is 7.14. The molecule has 0 aliphatic heterocycles. The standard InChI is InChI=1S/C23H20O10/c24-15-8-14(9-16(25)20(15)27)23(31)33-18-11-13(22(29)30)10-17(21(18)28)32-19(26)7-6-12-4-2-1-3-5-12/h1-9,11,17-18,21,24-25,27-28H,10H2,(H,29,30)/t17-,18+,21-/m1/s1. The molecule has 2 aromatic rings. The Labute approximate surface area is 187 Å². The van der Waals surface area contributed by atoms with Crippen molar-refractivity contribution in [2.75, 3.05) is 0 Å². The SMILES string of the molecule is O=C(C=Cc1ccccc1)O[C@@H]1CC(C(=O)O)=C[C@H](OC(=O)c2cc(O)c(O)c(O)c2)[C@@H]1O. The lowest BCUT2D eigenvalue weighted by Gasteiger charge is -2.31. The summed E-state index contributed by atoms with van der Waals surface area (Å²) >= 11 is 0. The van der Waals surface area contributed by atoms with Gasteiger partial charge in [0, 0.05) is 18.1 Å². The number of carbonyl (C=O) groups is 3. The number of hydrogen-bond donors (Lipinski definition) is 5. The van der Waals surface area contributed by atoms with Crippen molar-refractivity contribution in [1.29, 1.82) is 0 Å². The highest BCUT2D eigenvalue weighted by atomic mass is 16.6. The van der Waals surface area contributed by atoms with Crippen molar-refractivity contribution in [3.05, 3.63) is 71.3 Å². The number of hydrogen-bond acceptors (Lipinski definition) is 9. The molecule has 0 spiro atoms. The summed E-state index contributed by atoms with van der Waals surface area (Å²) < 4.78 is 10.3. The second kappa shape index (κ2) is 9.88. The first kappa shape index (κ1) is 23.4. The molecule has 0 aromatic heterocycles. The molecule has 3 atom stereocenters. The molecule has 0 saturated heterocycles. The monoisotopic (exact) mass is 456 g/mol. The molecule has 172 valence electrons. The molecule has 0 fully saturated rings. The molecule has 0 radical (unpaired) electrons. The summed E-state index contributed by atoms with van der Waals surface area (Å²) in [5, 5.41) is 48.4. The van der Waals surface area contributed by atoms with Gasteiger partial charge in [-0.2, -0.15) is 0 Å². The lowest BCUT2D eigenvalue weighted by Crippen LogP contribution is -2.45. The summed E-state index contributed by atoms with van der Waals surface area (Å²) in [5.74, 6) is -5.75. The number of phenolic OH excluding ortho intramolecular Hbond substituents is 3. The van der Waals surface area contributed by atoms with Crippen LogP contribution in [0.2, 0.25) is 0 Å². The van der Waals surface area contributed by atoms with Gasteiger partial charge in [-0.05, 0) is 29.8 Å². The Balaban J connectivity index is 1.75. The summed E-state index contributed by atoms with van der Waals surface area (Å²) in [5.41, 5.74) is 0.0986. The van der Waals surface area contributed by atoms with Gasteiger partial charge in [0.2, 0.25) is 0 Å². The highest BCUT2D eigenvalue weighted by Crippen LogP contribution is 2.36. The number of benzene rings is 2. The summed E-state index contributed by atoms with van der Waals surface area (Å²) in [6.07, 6.45) is -1.15. The van der Waals surface area contributed by atoms with Gasteiger partial charge in [0.15, 0.2) is 23.4 Å². The third kappa shape index (κ3) is 5.69. The first-order valence-corrected chi connectivity index (χ1v) is 9.67. The van der Waals surface area contributed by atoms with E-state index in [0.29, 0.717) is 0 Å². The minimum atomic E-state index is -1.59. The minimum Gasteiger partial charge on any atom is -0.504 e. The second-order valence-corrected chi connectivity index (χ2v) is 7.14. The van der Waals surface area contributed by atoms with Crippen LogP contribution in [-0.2, 0) is 19.1 Å². The van der Waals surface area contributed by atoms with Gasteiger partial charge >= 0.3 is 17.9 Å². The first-order chi connectivity index (χ1) is 15.7. The number of carboxylic acids is 1. The number of phenols is 3. The molecular formula is C23H20O10. The summed E-state index contributed by atoms with van der Waals surface area (Å²) in [6.45, 7) is 0. The number of rotatable bonds is 6. The van der Waals surface area contributed by atoms with Gasteiger partial charge in [0.05, 0.1) is 5.56 Å². The predicted octanol–water partition coefficient (Wildman–Crippen LogP) is 1.73. The van der Waals surface area contributed by atoms with Gasteiger partial charge in [-0.1, -0.05) is 30.3 Å². The maximum atomic E-state index is 12.4. The van der Waals surface area contributed by atoms with E-state index in [2.05, 4.69) is 0 Å². The van der Waals surface area contributed by atoms with E-state index in [-0.39, 0.29) is 17.6 Å². The van der Waals surface area contributed by atoms with Crippen LogP contribution in [-0.4, -0.2) is 61.8 Å². The normalized spacial score (nSPS) is 20.2. The van der Waals surface area contributed by atoms with Crippen molar-refractivity contribution in [3.8, 4) is 17.2 Å². The van der Waals surface area contributed by atoms with Crippen LogP contribution < -0.4 is 0 Å². The van der Waals surface area contributed by atoms with Gasteiger partial charge in [0.25, 0.3) is 0 Å². The van der Waals surface area contributed by atoms with Crippen molar-refractivity contribution in [1.82, 2.24) is 0 Å². The zero-order valence-corrected chi connectivity index (χ0v) is 17.0. The Morgan fingerprint density at radius 1 is 0.970 bits per heavy atom. The van der Waals surface area contributed by atoms with E-state index >= 15 is 0 Å². The highest BCUT2D eigenvalue weighted by molar-refractivity contribution is 5.92. The van der Waals surface area contributed by atoms with Gasteiger partial charge < -0.3 is 35.0 Å². The summed E-state index contributed by atoms with van der Waals surface area (Å²) in [4.78, 5) is 36.1. The number of aliphatic hydroxyl groups is 1. The lowest BCUT2D eigenvalue weighted by atomic mass is 9.92. The molecule has 2 aromatic carbocycles. The average Bonchev–Trinajstić information content (AvgIpc) is 2.78. The van der Waals surface area contributed by atoms with Gasteiger partial charge in [-0.3, -0.25) is 0 Å². The predicted molar refractivity (Wildman–Crippen MR) is 112 cm³/mol. The number of aliphatic carboxylic acids is 1. The van der Waals surface area contributed by atoms with E-state index < -0.39 is 53.5 Å². The van der Waals surface area contributed by atoms with Crippen molar-refractivity contribution in [3.63, 3.8) is 0 Å². The Hall–Kier alpha value is -4.31. The third-order valence-electron chi connectivity index (χ3n) is 4.81. The maximum Gasteiger partial charge on any atom is 0.339 e. The molecule has 0 bridgehead atoms. The average molecular weight is 456 g/mol. The van der Waals surface area contributed by atoms with Gasteiger partial charge in [-0.15, -0.1) is 0 Å². The maximum absolute atomic E-state index is 12.4. The molecular weight excluding hydrogens is 436 g/mol. The number of esters is 2. The van der Waals surface area contributed by atoms with Crippen LogP contribution in [0.1, 0.15) is 22.3 Å². The van der Waals surface area contributed by atoms with E-state index in [0.717, 1.165) is 29.8 Å². The first-order valence-electron chi connectivity index (χ1n) is 9.67. The van der Waals surface area contributed by atoms with E-state index in [1.807, 2.05) is 0 Å². The Kier molecular flexibility index (Phi) is 6.99. The molecule has 0 saturated carbocycles. The quantitative estimate of drug-likeness (QED) is 0.245. The highest BCUT2D eigenvalue weighted by Gasteiger charge is 2.38. The van der Waals surface area contributed by atoms with Crippen molar-refractivity contribution >= 4 is 24.0 Å². The lowest BCUT2D eigenvalue weighted by molar-refractivity contribution is -0.154. The minimum absolute atomic E-state index is 0.251. The van der Waals surface area contributed by atoms with Crippen LogP contribution in [0.3, 0.4) is 0 Å². The topological polar surface area (TPSA) is 171 Å². The molecule has 5 N–H and O–H groups in total. The molecule has 0 heterocycles. The van der Waals surface area contributed by atoms with Crippen LogP contribution in [0, 0.1) is 0 Å². The van der Waals surface area contributed by atoms with Crippen molar-refractivity contribution < 1.29 is 49.4 Å². The third-order valence-corrected chi connectivity index (χ3v) is 4.81. The number of ether oxygens (including phenoxy) is 2. The smallest absolute Gasteiger partial charge is 0.339 e. The number of aromatic hydroxyl groups is 3. The number of carboxylic acid groups (broad SMARTS) is 1. The molecule has 10 nitrogen and oxygen atoms in total. The van der Waals surface area contributed by atoms with Gasteiger partial charge in [-0.25, -0.2) is 14.4 Å². The molecule has 0 unspecified atom stereocenters. The fourth-order valence-corrected chi connectivity index (χ4v) is 3.12. The fourth-order valence-electron chi connectivity index (χ4n) is 3.12. The summed E-state index contributed by atoms with van der Waals surface area (Å²) in [6, 6.07) is 10.5. The van der Waals surface area contributed by atoms with Crippen molar-refractivity contribution in [2.45, 2.75) is 24.7 Å². The van der Waals surface area contributed by atoms with Crippen LogP contribution >= 0.6 is 0 Å². The molecule has 0 amide bonds. The Morgan fingerprint density at radius 3 is 2.21 bits per heavy atom. The van der Waals surface area contributed by atoms with E-state index in [1.165, 1.54) is 6.08 Å². The fraction of sp³-hybridized carbons (Fsp3) is 0.174. The van der Waals surface area contributed by atoms with Crippen LogP contribution in [0.25, 0.3) is 6.08 Å². The van der Waals surface area contributed by atoms with Crippen LogP contribution in [0.15, 0.2) is 60.2 Å². The number of carbonyl (C=O) groups excluding carboxylic acids is 2. The van der Waals surface area contributed by atoms with Crippen LogP contribution in [0.4, 0.5) is 0 Å². The van der Waals surface area contributed by atoms with Gasteiger partial charge in [0.1, 0.15) is 12.2 Å². The van der Waals surface area contributed by atoms with E-state index in [4.69, 9.17) is 9.47 Å². The molecule has 10 heteroatoms. The summed E-state index contributed by atoms with van der Waals surface area (Å²) in [7, 11) is 0.